The van der Waals surface area contributed by atoms with Crippen molar-refractivity contribution in [2.24, 2.45) is 0 Å². The lowest BCUT2D eigenvalue weighted by molar-refractivity contribution is -0.141. The quantitative estimate of drug-likeness (QED) is 0.657. The van der Waals surface area contributed by atoms with E-state index < -0.39 is 11.9 Å². The summed E-state index contributed by atoms with van der Waals surface area (Å²) in [7, 11) is 0. The second kappa shape index (κ2) is 3.75. The van der Waals surface area contributed by atoms with E-state index in [9.17, 15) is 13.2 Å². The zero-order valence-electron chi connectivity index (χ0n) is 10.2. The van der Waals surface area contributed by atoms with Gasteiger partial charge >= 0.3 is 6.18 Å². The highest BCUT2D eigenvalue weighted by Crippen LogP contribution is 2.33. The lowest BCUT2D eigenvalue weighted by atomic mass is 9.83. The Morgan fingerprint density at radius 1 is 1.06 bits per heavy atom. The van der Waals surface area contributed by atoms with Crippen LogP contribution in [0.1, 0.15) is 43.3 Å². The van der Waals surface area contributed by atoms with Crippen LogP contribution in [0.2, 0.25) is 0 Å². The normalized spacial score (nSPS) is 13.0. The summed E-state index contributed by atoms with van der Waals surface area (Å²) >= 11 is 0. The molecule has 0 bridgehead atoms. The fraction of sp³-hybridized carbons (Fsp3) is 0.583. The minimum atomic E-state index is -4.37. The number of hydrogen-bond acceptors (Lipinski definition) is 1. The van der Waals surface area contributed by atoms with Gasteiger partial charge < -0.3 is 0 Å². The molecule has 0 radical (unpaired) electrons. The summed E-state index contributed by atoms with van der Waals surface area (Å²) < 4.78 is 37.5. The molecule has 0 spiro atoms. The first kappa shape index (κ1) is 13.0. The molecule has 16 heavy (non-hydrogen) atoms. The fourth-order valence-corrected chi connectivity index (χ4v) is 2.11. The Kier molecular flexibility index (Phi) is 3.05. The van der Waals surface area contributed by atoms with Crippen molar-refractivity contribution in [2.75, 3.05) is 0 Å². The van der Waals surface area contributed by atoms with Crippen LogP contribution in [0, 0.1) is 13.8 Å². The molecule has 0 saturated carbocycles. The summed E-state index contributed by atoms with van der Waals surface area (Å²) in [6.07, 6.45) is -4.37. The molecule has 1 aromatic heterocycles. The van der Waals surface area contributed by atoms with E-state index >= 15 is 0 Å². The smallest absolute Gasteiger partial charge is 0.248 e. The van der Waals surface area contributed by atoms with Crippen molar-refractivity contribution in [1.82, 2.24) is 4.98 Å². The van der Waals surface area contributed by atoms with Gasteiger partial charge in [0.1, 0.15) is 5.69 Å². The second-order valence-electron chi connectivity index (χ2n) is 5.03. The molecular formula is C12H16F3N. The molecule has 90 valence electrons. The molecule has 1 rings (SSSR count). The zero-order chi connectivity index (χ0) is 12.7. The molecule has 0 amide bonds. The standard InChI is InChI=1S/C12H16F3N/c1-7-6-9(12(13,14)15)16-8(2)10(7)11(3,4)5/h6H,1-5H3. The second-order valence-corrected chi connectivity index (χ2v) is 5.03. The van der Waals surface area contributed by atoms with Gasteiger partial charge in [-0.15, -0.1) is 0 Å². The molecule has 0 unspecified atom stereocenters. The van der Waals surface area contributed by atoms with Crippen LogP contribution in [0.4, 0.5) is 13.2 Å². The summed E-state index contributed by atoms with van der Waals surface area (Å²) in [5.74, 6) is 0. The lowest BCUT2D eigenvalue weighted by Gasteiger charge is -2.24. The maximum atomic E-state index is 12.5. The first-order valence-corrected chi connectivity index (χ1v) is 5.09. The number of aromatic nitrogens is 1. The highest BCUT2D eigenvalue weighted by atomic mass is 19.4. The predicted molar refractivity (Wildman–Crippen MR) is 57.4 cm³/mol. The number of hydrogen-bond donors (Lipinski definition) is 0. The average molecular weight is 231 g/mol. The molecule has 4 heteroatoms. The van der Waals surface area contributed by atoms with Crippen molar-refractivity contribution in [3.05, 3.63) is 28.6 Å². The van der Waals surface area contributed by atoms with E-state index in [-0.39, 0.29) is 5.41 Å². The molecule has 1 nitrogen and oxygen atoms in total. The van der Waals surface area contributed by atoms with Gasteiger partial charge in [-0.2, -0.15) is 13.2 Å². The van der Waals surface area contributed by atoms with E-state index in [1.807, 2.05) is 20.8 Å². The largest absolute Gasteiger partial charge is 0.433 e. The van der Waals surface area contributed by atoms with Crippen LogP contribution in [-0.4, -0.2) is 4.98 Å². The van der Waals surface area contributed by atoms with Gasteiger partial charge in [-0.25, -0.2) is 4.98 Å². The van der Waals surface area contributed by atoms with Crippen molar-refractivity contribution >= 4 is 0 Å². The topological polar surface area (TPSA) is 12.9 Å². The van der Waals surface area contributed by atoms with Crippen molar-refractivity contribution in [3.8, 4) is 0 Å². The average Bonchev–Trinajstić information content (AvgIpc) is 1.97. The van der Waals surface area contributed by atoms with Crippen LogP contribution in [0.25, 0.3) is 0 Å². The number of alkyl halides is 3. The van der Waals surface area contributed by atoms with Crippen LogP contribution < -0.4 is 0 Å². The van der Waals surface area contributed by atoms with Gasteiger partial charge in [0.05, 0.1) is 0 Å². The number of rotatable bonds is 0. The van der Waals surface area contributed by atoms with E-state index in [1.165, 1.54) is 0 Å². The van der Waals surface area contributed by atoms with Crippen LogP contribution in [-0.2, 0) is 11.6 Å². The molecule has 0 aliphatic rings. The predicted octanol–water partition coefficient (Wildman–Crippen LogP) is 4.01. The molecule has 0 aromatic carbocycles. The Morgan fingerprint density at radius 3 is 1.88 bits per heavy atom. The monoisotopic (exact) mass is 231 g/mol. The van der Waals surface area contributed by atoms with Crippen molar-refractivity contribution in [2.45, 2.75) is 46.2 Å². The number of nitrogens with zero attached hydrogens (tertiary/aromatic N) is 1. The molecule has 0 atom stereocenters. The van der Waals surface area contributed by atoms with Crippen LogP contribution >= 0.6 is 0 Å². The molecule has 0 saturated heterocycles. The van der Waals surface area contributed by atoms with Crippen LogP contribution in [0.5, 0.6) is 0 Å². The third-order valence-electron chi connectivity index (χ3n) is 2.44. The number of pyridine rings is 1. The van der Waals surface area contributed by atoms with Gasteiger partial charge in [0.15, 0.2) is 0 Å². The SMILES string of the molecule is Cc1cc(C(F)(F)F)nc(C)c1C(C)(C)C. The van der Waals surface area contributed by atoms with E-state index in [0.717, 1.165) is 11.6 Å². The Bertz CT molecular complexity index is 377. The van der Waals surface area contributed by atoms with Crippen molar-refractivity contribution in [1.29, 1.82) is 0 Å². The van der Waals surface area contributed by atoms with Gasteiger partial charge in [0.25, 0.3) is 0 Å². The van der Waals surface area contributed by atoms with Gasteiger partial charge in [-0.05, 0) is 36.5 Å². The van der Waals surface area contributed by atoms with Crippen molar-refractivity contribution in [3.63, 3.8) is 0 Å². The first-order chi connectivity index (χ1) is 7.03. The van der Waals surface area contributed by atoms with Gasteiger partial charge in [-0.1, -0.05) is 20.8 Å². The Labute approximate surface area is 93.7 Å². The molecule has 1 aromatic rings. The molecule has 0 aliphatic heterocycles. The Hall–Kier alpha value is -1.06. The van der Waals surface area contributed by atoms with Crippen molar-refractivity contribution < 1.29 is 13.2 Å². The summed E-state index contributed by atoms with van der Waals surface area (Å²) in [5.41, 5.74) is 0.994. The van der Waals surface area contributed by atoms with Gasteiger partial charge in [-0.3, -0.25) is 0 Å². The van der Waals surface area contributed by atoms with Gasteiger partial charge in [0, 0.05) is 5.69 Å². The summed E-state index contributed by atoms with van der Waals surface area (Å²) in [6.45, 7) is 9.24. The summed E-state index contributed by atoms with van der Waals surface area (Å²) in [5, 5.41) is 0. The maximum Gasteiger partial charge on any atom is 0.433 e. The Morgan fingerprint density at radius 2 is 1.56 bits per heavy atom. The summed E-state index contributed by atoms with van der Waals surface area (Å²) in [6, 6.07) is 1.12. The van der Waals surface area contributed by atoms with Gasteiger partial charge in [0.2, 0.25) is 0 Å². The molecule has 0 aliphatic carbocycles. The molecular weight excluding hydrogens is 215 g/mol. The fourth-order valence-electron chi connectivity index (χ4n) is 2.11. The maximum absolute atomic E-state index is 12.5. The highest BCUT2D eigenvalue weighted by molar-refractivity contribution is 5.37. The lowest BCUT2D eigenvalue weighted by Crippen LogP contribution is -2.19. The number of halogens is 3. The molecule has 0 fully saturated rings. The molecule has 0 N–H and O–H groups in total. The Balaban J connectivity index is 3.41. The minimum absolute atomic E-state index is 0.189. The van der Waals surface area contributed by atoms with Crippen LogP contribution in [0.3, 0.4) is 0 Å². The van der Waals surface area contributed by atoms with E-state index in [2.05, 4.69) is 4.98 Å². The zero-order valence-corrected chi connectivity index (χ0v) is 10.2. The summed E-state index contributed by atoms with van der Waals surface area (Å²) in [4.78, 5) is 3.65. The van der Waals surface area contributed by atoms with E-state index in [0.29, 0.717) is 11.3 Å². The minimum Gasteiger partial charge on any atom is -0.248 e. The van der Waals surface area contributed by atoms with E-state index in [4.69, 9.17) is 0 Å². The number of aryl methyl sites for hydroxylation is 2. The van der Waals surface area contributed by atoms with E-state index in [1.54, 1.807) is 13.8 Å². The highest BCUT2D eigenvalue weighted by Gasteiger charge is 2.34. The van der Waals surface area contributed by atoms with Crippen LogP contribution in [0.15, 0.2) is 6.07 Å². The molecule has 1 heterocycles. The first-order valence-electron chi connectivity index (χ1n) is 5.09. The third kappa shape index (κ3) is 2.54. The third-order valence-corrected chi connectivity index (χ3v) is 2.44.